The van der Waals surface area contributed by atoms with Crippen LogP contribution >= 0.6 is 0 Å². The second-order valence-corrected chi connectivity index (χ2v) is 16.7. The van der Waals surface area contributed by atoms with Crippen molar-refractivity contribution in [1.82, 2.24) is 0 Å². The van der Waals surface area contributed by atoms with Gasteiger partial charge in [-0.2, -0.15) is 5.10 Å². The van der Waals surface area contributed by atoms with Gasteiger partial charge in [-0.1, -0.05) is 120 Å². The highest BCUT2D eigenvalue weighted by Gasteiger charge is 2.30. The van der Waals surface area contributed by atoms with Crippen molar-refractivity contribution in [2.75, 3.05) is 5.01 Å². The third kappa shape index (κ3) is 7.02. The van der Waals surface area contributed by atoms with Crippen LogP contribution in [-0.2, 0) is 5.41 Å². The number of anilines is 1. The number of hydrogen-bond donors (Lipinski definition) is 0. The number of nitrogens with zero attached hydrogens (tertiary/aromatic N) is 2. The quantitative estimate of drug-likeness (QED) is 0.169. The van der Waals surface area contributed by atoms with Crippen molar-refractivity contribution >= 4 is 19.5 Å². The maximum absolute atomic E-state index is 5.14. The molecule has 3 aromatic carbocycles. The molecular weight excluding hydrogens is 464 g/mol. The first-order chi connectivity index (χ1) is 17.7. The summed E-state index contributed by atoms with van der Waals surface area (Å²) in [6.45, 7) is 13.9. The van der Waals surface area contributed by atoms with Gasteiger partial charge in [-0.15, -0.1) is 5.54 Å². The summed E-state index contributed by atoms with van der Waals surface area (Å²) in [5, 5.41) is 7.35. The van der Waals surface area contributed by atoms with Gasteiger partial charge in [0.1, 0.15) is 8.07 Å². The van der Waals surface area contributed by atoms with Gasteiger partial charge in [-0.25, -0.2) is 0 Å². The topological polar surface area (TPSA) is 15.6 Å². The van der Waals surface area contributed by atoms with Gasteiger partial charge in [-0.3, -0.25) is 5.01 Å². The highest BCUT2D eigenvalue weighted by atomic mass is 28.3. The van der Waals surface area contributed by atoms with Crippen molar-refractivity contribution in [2.24, 2.45) is 5.10 Å². The molecule has 0 radical (unpaired) electrons. The molecule has 0 amide bonds. The predicted octanol–water partition coefficient (Wildman–Crippen LogP) is 9.13. The molecular formula is C34H42N2Si. The van der Waals surface area contributed by atoms with E-state index in [0.717, 1.165) is 23.4 Å². The summed E-state index contributed by atoms with van der Waals surface area (Å²) in [6, 6.07) is 28.7. The van der Waals surface area contributed by atoms with Crippen molar-refractivity contribution in [3.63, 3.8) is 0 Å². The van der Waals surface area contributed by atoms with Gasteiger partial charge in [-0.05, 0) is 52.8 Å². The Hall–Kier alpha value is -3.09. The van der Waals surface area contributed by atoms with Crippen molar-refractivity contribution in [1.29, 1.82) is 0 Å². The minimum absolute atomic E-state index is 0.181. The first-order valence-electron chi connectivity index (χ1n) is 13.8. The summed E-state index contributed by atoms with van der Waals surface area (Å²) in [5.41, 5.74) is 10.9. The van der Waals surface area contributed by atoms with Gasteiger partial charge in [0.15, 0.2) is 0 Å². The van der Waals surface area contributed by atoms with Crippen LogP contribution in [0.1, 0.15) is 81.2 Å². The minimum atomic E-state index is -1.39. The molecule has 4 rings (SSSR count). The second-order valence-electron chi connectivity index (χ2n) is 12.0. The number of hydrogen-bond acceptors (Lipinski definition) is 2. The molecule has 0 spiro atoms. The summed E-state index contributed by atoms with van der Waals surface area (Å²) in [7, 11) is -1.39. The zero-order valence-electron chi connectivity index (χ0n) is 23.5. The Balaban J connectivity index is 1.58. The molecule has 1 aliphatic heterocycles. The Bertz CT molecular complexity index is 1250. The lowest BCUT2D eigenvalue weighted by atomic mass is 9.79. The van der Waals surface area contributed by atoms with Gasteiger partial charge >= 0.3 is 0 Å². The molecule has 1 atom stereocenters. The summed E-state index contributed by atoms with van der Waals surface area (Å²) >= 11 is 0. The largest absolute Gasteiger partial charge is 0.257 e. The van der Waals surface area contributed by atoms with Crippen LogP contribution in [0.5, 0.6) is 0 Å². The van der Waals surface area contributed by atoms with Crippen molar-refractivity contribution in [2.45, 2.75) is 84.0 Å². The van der Waals surface area contributed by atoms with Crippen LogP contribution in [0.2, 0.25) is 19.6 Å². The van der Waals surface area contributed by atoms with E-state index >= 15 is 0 Å². The zero-order valence-corrected chi connectivity index (χ0v) is 24.5. The van der Waals surface area contributed by atoms with Crippen LogP contribution in [0.15, 0.2) is 84.0 Å². The first kappa shape index (κ1) is 27.0. The normalized spacial score (nSPS) is 15.8. The fourth-order valence-corrected chi connectivity index (χ4v) is 5.41. The summed E-state index contributed by atoms with van der Waals surface area (Å²) in [5.74, 6) is 3.37. The third-order valence-corrected chi connectivity index (χ3v) is 8.09. The lowest BCUT2D eigenvalue weighted by molar-refractivity contribution is 0.450. The summed E-state index contributed by atoms with van der Waals surface area (Å²) in [6.07, 6.45) is 5.97. The minimum Gasteiger partial charge on any atom is -0.257 e. The van der Waals surface area contributed by atoms with Crippen molar-refractivity contribution in [3.05, 3.63) is 101 Å². The molecule has 37 heavy (non-hydrogen) atoms. The van der Waals surface area contributed by atoms with E-state index in [4.69, 9.17) is 5.10 Å². The average molecular weight is 507 g/mol. The monoisotopic (exact) mass is 506 g/mol. The van der Waals surface area contributed by atoms with E-state index in [0.29, 0.717) is 0 Å². The zero-order chi connectivity index (χ0) is 26.5. The number of rotatable bonds is 8. The van der Waals surface area contributed by atoms with E-state index in [1.54, 1.807) is 0 Å². The number of benzene rings is 3. The smallest absolute Gasteiger partial charge is 0.129 e. The predicted molar refractivity (Wildman–Crippen MR) is 163 cm³/mol. The van der Waals surface area contributed by atoms with E-state index in [2.05, 4.69) is 136 Å². The molecule has 192 valence electrons. The molecule has 0 aliphatic carbocycles. The fraction of sp³-hybridized carbons (Fsp3) is 0.382. The maximum atomic E-state index is 5.14. The second kappa shape index (κ2) is 11.5. The number of unbranched alkanes of at least 4 members (excludes halogenated alkanes) is 2. The van der Waals surface area contributed by atoms with E-state index in [-0.39, 0.29) is 11.5 Å². The summed E-state index contributed by atoms with van der Waals surface area (Å²) < 4.78 is 0. The van der Waals surface area contributed by atoms with Gasteiger partial charge in [0.25, 0.3) is 0 Å². The molecule has 3 heteroatoms. The molecule has 0 aromatic heterocycles. The molecule has 0 fully saturated rings. The third-order valence-electron chi connectivity index (χ3n) is 7.21. The van der Waals surface area contributed by atoms with Gasteiger partial charge < -0.3 is 0 Å². The molecule has 0 saturated carbocycles. The van der Waals surface area contributed by atoms with E-state index in [9.17, 15) is 0 Å². The number of hydrazone groups is 1. The Morgan fingerprint density at radius 2 is 1.57 bits per heavy atom. The van der Waals surface area contributed by atoms with Crippen LogP contribution in [0.3, 0.4) is 0 Å². The molecule has 0 bridgehead atoms. The van der Waals surface area contributed by atoms with E-state index in [1.807, 2.05) is 0 Å². The van der Waals surface area contributed by atoms with Gasteiger partial charge in [0.2, 0.25) is 0 Å². The van der Waals surface area contributed by atoms with Gasteiger partial charge in [0.05, 0.1) is 17.4 Å². The van der Waals surface area contributed by atoms with E-state index < -0.39 is 8.07 Å². The first-order valence-corrected chi connectivity index (χ1v) is 17.3. The molecule has 1 heterocycles. The van der Waals surface area contributed by atoms with Crippen LogP contribution in [0.4, 0.5) is 5.69 Å². The Labute approximate surface area is 225 Å². The van der Waals surface area contributed by atoms with Crippen LogP contribution in [0, 0.1) is 11.5 Å². The maximum Gasteiger partial charge on any atom is 0.129 e. The Kier molecular flexibility index (Phi) is 8.40. The molecule has 1 aliphatic rings. The van der Waals surface area contributed by atoms with Gasteiger partial charge in [0, 0.05) is 12.0 Å². The average Bonchev–Trinajstić information content (AvgIpc) is 3.34. The molecule has 3 aromatic rings. The van der Waals surface area contributed by atoms with Crippen LogP contribution < -0.4 is 5.01 Å². The Morgan fingerprint density at radius 1 is 0.892 bits per heavy atom. The molecule has 0 N–H and O–H groups in total. The highest BCUT2D eigenvalue weighted by Crippen LogP contribution is 2.38. The molecule has 2 nitrogen and oxygen atoms in total. The molecule has 1 unspecified atom stereocenters. The lowest BCUT2D eigenvalue weighted by Crippen LogP contribution is -2.20. The lowest BCUT2D eigenvalue weighted by Gasteiger charge is -2.27. The molecule has 0 saturated heterocycles. The Morgan fingerprint density at radius 3 is 2.19 bits per heavy atom. The number of para-hydroxylation sites is 1. The SMILES string of the molecule is CCCCCC(C)(C)c1ccc(C2CC(c3ccc(C#C[Si](C)(C)C)cc3)=NN2c2ccccc2)cc1. The van der Waals surface area contributed by atoms with Crippen molar-refractivity contribution < 1.29 is 0 Å². The fourth-order valence-electron chi connectivity index (χ4n) is 4.89. The summed E-state index contributed by atoms with van der Waals surface area (Å²) in [4.78, 5) is 0. The standard InChI is InChI=1S/C34H42N2Si/c1-7-8-12-24-34(2,3)30-21-19-29(20-22-30)33-26-32(35-36(33)31-13-10-9-11-14-31)28-17-15-27(16-18-28)23-25-37(4,5)6/h9-11,13-22,33H,7-8,12,24,26H2,1-6H3. The highest BCUT2D eigenvalue weighted by molar-refractivity contribution is 6.83. The van der Waals surface area contributed by atoms with Crippen LogP contribution in [-0.4, -0.2) is 13.8 Å². The van der Waals surface area contributed by atoms with Crippen LogP contribution in [0.25, 0.3) is 0 Å². The van der Waals surface area contributed by atoms with Crippen molar-refractivity contribution in [3.8, 4) is 11.5 Å². The van der Waals surface area contributed by atoms with E-state index in [1.165, 1.54) is 42.4 Å².